The highest BCUT2D eigenvalue weighted by Crippen LogP contribution is 2.27. The number of aromatic nitrogens is 1. The number of aliphatic hydroxyl groups excluding tert-OH is 4. The molecule has 1 saturated heterocycles. The van der Waals surface area contributed by atoms with E-state index in [2.05, 4.69) is 10.3 Å². The van der Waals surface area contributed by atoms with E-state index < -0.39 is 24.4 Å². The molecule has 0 spiro atoms. The Morgan fingerprint density at radius 3 is 2.65 bits per heavy atom. The molecule has 9 nitrogen and oxygen atoms in total. The first-order valence-corrected chi connectivity index (χ1v) is 10.8. The number of β-amino-alcohol motifs (C(OH)–C–C–N with tert-alkyl or cyclic N) is 1. The SMILES string of the molecule is COc1cc(NCCCCCCN2C[C@H](O)[C@@H](O)[C@H](O)[C@H]2CO)cc(-c2ncco2)c1. The van der Waals surface area contributed by atoms with Crippen molar-refractivity contribution in [2.45, 2.75) is 50.0 Å². The summed E-state index contributed by atoms with van der Waals surface area (Å²) in [4.78, 5) is 6.04. The van der Waals surface area contributed by atoms with Crippen molar-refractivity contribution in [1.82, 2.24) is 9.88 Å². The van der Waals surface area contributed by atoms with Crippen LogP contribution in [0.2, 0.25) is 0 Å². The average Bonchev–Trinajstić information content (AvgIpc) is 3.32. The normalized spacial score (nSPS) is 24.3. The number of anilines is 1. The zero-order valence-electron chi connectivity index (χ0n) is 17.9. The highest BCUT2D eigenvalue weighted by atomic mass is 16.5. The van der Waals surface area contributed by atoms with E-state index in [9.17, 15) is 20.4 Å². The lowest BCUT2D eigenvalue weighted by atomic mass is 9.94. The zero-order chi connectivity index (χ0) is 22.2. The molecule has 31 heavy (non-hydrogen) atoms. The van der Waals surface area contributed by atoms with Gasteiger partial charge in [-0.1, -0.05) is 12.8 Å². The lowest BCUT2D eigenvalue weighted by Gasteiger charge is -2.43. The fraction of sp³-hybridized carbons (Fsp3) is 0.591. The standard InChI is InChI=1S/C22H33N3O6/c1-30-17-11-15(22-24-7-9-31-22)10-16(12-17)23-6-4-2-3-5-8-25-13-19(27)21(29)20(28)18(25)14-26/h7,9-12,18-21,23,26-29H,2-6,8,13-14H2,1H3/t18-,19+,20-,21-/m1/s1. The highest BCUT2D eigenvalue weighted by Gasteiger charge is 2.40. The van der Waals surface area contributed by atoms with Crippen molar-refractivity contribution in [1.29, 1.82) is 0 Å². The van der Waals surface area contributed by atoms with Gasteiger partial charge in [0.05, 0.1) is 32.1 Å². The number of likely N-dealkylation sites (tertiary alicyclic amines) is 1. The van der Waals surface area contributed by atoms with Gasteiger partial charge in [-0.15, -0.1) is 0 Å². The molecule has 0 saturated carbocycles. The molecule has 1 fully saturated rings. The molecule has 0 bridgehead atoms. The third kappa shape index (κ3) is 6.18. The van der Waals surface area contributed by atoms with E-state index in [0.717, 1.165) is 49.2 Å². The van der Waals surface area contributed by atoms with Crippen molar-refractivity contribution in [2.75, 3.05) is 38.7 Å². The second kappa shape index (κ2) is 11.4. The van der Waals surface area contributed by atoms with Gasteiger partial charge in [0.2, 0.25) is 5.89 Å². The molecular formula is C22H33N3O6. The molecule has 3 rings (SSSR count). The molecular weight excluding hydrogens is 402 g/mol. The molecule has 1 aliphatic rings. The van der Waals surface area contributed by atoms with Gasteiger partial charge in [-0.25, -0.2) is 4.98 Å². The number of ether oxygens (including phenoxy) is 1. The molecule has 9 heteroatoms. The Bertz CT molecular complexity index is 788. The van der Waals surface area contributed by atoms with Crippen molar-refractivity contribution in [3.05, 3.63) is 30.7 Å². The Morgan fingerprint density at radius 1 is 1.13 bits per heavy atom. The molecule has 0 aliphatic carbocycles. The van der Waals surface area contributed by atoms with E-state index in [0.29, 0.717) is 12.4 Å². The van der Waals surface area contributed by atoms with Crippen LogP contribution in [-0.2, 0) is 0 Å². The van der Waals surface area contributed by atoms with Gasteiger partial charge >= 0.3 is 0 Å². The number of hydrogen-bond acceptors (Lipinski definition) is 9. The van der Waals surface area contributed by atoms with E-state index in [1.165, 1.54) is 6.26 Å². The molecule has 0 radical (unpaired) electrons. The molecule has 2 heterocycles. The van der Waals surface area contributed by atoms with Crippen LogP contribution in [-0.4, -0.2) is 88.0 Å². The van der Waals surface area contributed by atoms with Gasteiger partial charge in [0.1, 0.15) is 24.2 Å². The van der Waals surface area contributed by atoms with Crippen LogP contribution in [0.25, 0.3) is 11.5 Å². The summed E-state index contributed by atoms with van der Waals surface area (Å²) in [7, 11) is 1.63. The van der Waals surface area contributed by atoms with Crippen LogP contribution < -0.4 is 10.1 Å². The number of aliphatic hydroxyl groups is 4. The molecule has 1 aromatic heterocycles. The monoisotopic (exact) mass is 435 g/mol. The molecule has 1 aliphatic heterocycles. The maximum absolute atomic E-state index is 10.0. The maximum atomic E-state index is 10.0. The highest BCUT2D eigenvalue weighted by molar-refractivity contribution is 5.64. The van der Waals surface area contributed by atoms with E-state index >= 15 is 0 Å². The van der Waals surface area contributed by atoms with Crippen LogP contribution in [0.4, 0.5) is 5.69 Å². The third-order valence-electron chi connectivity index (χ3n) is 5.74. The predicted molar refractivity (Wildman–Crippen MR) is 116 cm³/mol. The largest absolute Gasteiger partial charge is 0.497 e. The van der Waals surface area contributed by atoms with Crippen LogP contribution in [0.1, 0.15) is 25.7 Å². The molecule has 5 N–H and O–H groups in total. The number of nitrogens with zero attached hydrogens (tertiary/aromatic N) is 2. The Hall–Kier alpha value is -2.17. The number of methoxy groups -OCH3 is 1. The lowest BCUT2D eigenvalue weighted by molar-refractivity contribution is -0.145. The van der Waals surface area contributed by atoms with Gasteiger partial charge in [0, 0.05) is 30.4 Å². The summed E-state index contributed by atoms with van der Waals surface area (Å²) in [6, 6.07) is 5.25. The summed E-state index contributed by atoms with van der Waals surface area (Å²) in [6.07, 6.45) is 3.70. The van der Waals surface area contributed by atoms with Crippen LogP contribution in [0.15, 0.2) is 35.1 Å². The fourth-order valence-electron chi connectivity index (χ4n) is 3.97. The molecule has 2 aromatic rings. The minimum atomic E-state index is -1.21. The summed E-state index contributed by atoms with van der Waals surface area (Å²) >= 11 is 0. The van der Waals surface area contributed by atoms with Crippen molar-refractivity contribution in [3.8, 4) is 17.2 Å². The van der Waals surface area contributed by atoms with Crippen LogP contribution in [0.3, 0.4) is 0 Å². The van der Waals surface area contributed by atoms with E-state index in [1.807, 2.05) is 23.1 Å². The van der Waals surface area contributed by atoms with Gasteiger partial charge in [-0.3, -0.25) is 4.90 Å². The van der Waals surface area contributed by atoms with Crippen LogP contribution >= 0.6 is 0 Å². The first kappa shape index (κ1) is 23.5. The number of rotatable bonds is 11. The summed E-state index contributed by atoms with van der Waals surface area (Å²) in [5, 5.41) is 42.6. The average molecular weight is 436 g/mol. The number of benzene rings is 1. The first-order chi connectivity index (χ1) is 15.0. The lowest BCUT2D eigenvalue weighted by Crippen LogP contribution is -2.62. The molecule has 0 unspecified atom stereocenters. The molecule has 4 atom stereocenters. The van der Waals surface area contributed by atoms with E-state index in [-0.39, 0.29) is 13.2 Å². The smallest absolute Gasteiger partial charge is 0.226 e. The van der Waals surface area contributed by atoms with Gasteiger partial charge in [0.15, 0.2) is 0 Å². The Kier molecular flexibility index (Phi) is 8.68. The third-order valence-corrected chi connectivity index (χ3v) is 5.74. The summed E-state index contributed by atoms with van der Waals surface area (Å²) in [5.41, 5.74) is 1.79. The minimum absolute atomic E-state index is 0.245. The van der Waals surface area contributed by atoms with Crippen LogP contribution in [0, 0.1) is 0 Å². The Morgan fingerprint density at radius 2 is 1.94 bits per heavy atom. The predicted octanol–water partition coefficient (Wildman–Crippen LogP) is 1.08. The van der Waals surface area contributed by atoms with Gasteiger partial charge in [-0.05, 0) is 31.5 Å². The Labute approximate surface area is 182 Å². The van der Waals surface area contributed by atoms with E-state index in [1.54, 1.807) is 13.3 Å². The minimum Gasteiger partial charge on any atom is -0.497 e. The van der Waals surface area contributed by atoms with Gasteiger partial charge in [0.25, 0.3) is 0 Å². The quantitative estimate of drug-likeness (QED) is 0.329. The molecule has 0 amide bonds. The Balaban J connectivity index is 1.38. The maximum Gasteiger partial charge on any atom is 0.226 e. The molecule has 1 aromatic carbocycles. The van der Waals surface area contributed by atoms with E-state index in [4.69, 9.17) is 9.15 Å². The van der Waals surface area contributed by atoms with Gasteiger partial charge < -0.3 is 34.9 Å². The number of piperidine rings is 1. The topological polar surface area (TPSA) is 131 Å². The second-order valence-electron chi connectivity index (χ2n) is 7.92. The summed E-state index contributed by atoms with van der Waals surface area (Å²) in [5.74, 6) is 1.27. The number of unbranched alkanes of at least 4 members (excludes halogenated alkanes) is 3. The summed E-state index contributed by atoms with van der Waals surface area (Å²) in [6.45, 7) is 1.48. The first-order valence-electron chi connectivity index (χ1n) is 10.8. The van der Waals surface area contributed by atoms with Crippen molar-refractivity contribution in [2.24, 2.45) is 0 Å². The zero-order valence-corrected chi connectivity index (χ0v) is 17.9. The fourth-order valence-corrected chi connectivity index (χ4v) is 3.97. The van der Waals surface area contributed by atoms with Crippen molar-refractivity contribution in [3.63, 3.8) is 0 Å². The molecule has 172 valence electrons. The van der Waals surface area contributed by atoms with Crippen molar-refractivity contribution < 1.29 is 29.6 Å². The second-order valence-corrected chi connectivity index (χ2v) is 7.92. The number of nitrogens with one attached hydrogen (secondary N) is 1. The van der Waals surface area contributed by atoms with Crippen LogP contribution in [0.5, 0.6) is 5.75 Å². The number of hydrogen-bond donors (Lipinski definition) is 5. The van der Waals surface area contributed by atoms with Gasteiger partial charge in [-0.2, -0.15) is 0 Å². The number of oxazole rings is 1. The van der Waals surface area contributed by atoms with Crippen molar-refractivity contribution >= 4 is 5.69 Å². The summed E-state index contributed by atoms with van der Waals surface area (Å²) < 4.78 is 10.7.